The van der Waals surface area contributed by atoms with E-state index in [1.54, 1.807) is 6.26 Å². The molecule has 3 N–H and O–H groups in total. The van der Waals surface area contributed by atoms with Gasteiger partial charge in [-0.3, -0.25) is 0 Å². The van der Waals surface area contributed by atoms with Gasteiger partial charge in [0.25, 0.3) is 0 Å². The Labute approximate surface area is 172 Å². The summed E-state index contributed by atoms with van der Waals surface area (Å²) in [6, 6.07) is 0. The number of aliphatic hydroxyl groups is 3. The van der Waals surface area contributed by atoms with Crippen LogP contribution in [0.15, 0.2) is 12.3 Å². The average molecular weight is 401 g/mol. The van der Waals surface area contributed by atoms with Gasteiger partial charge in [0.2, 0.25) is 0 Å². The van der Waals surface area contributed by atoms with Crippen LogP contribution in [0.1, 0.15) is 96.8 Å². The second kappa shape index (κ2) is 17.3. The van der Waals surface area contributed by atoms with E-state index in [1.165, 1.54) is 77.0 Å². The van der Waals surface area contributed by atoms with Gasteiger partial charge in [-0.1, -0.05) is 84.0 Å². The van der Waals surface area contributed by atoms with Gasteiger partial charge in [0.05, 0.1) is 19.5 Å². The number of aliphatic hydroxyl groups excluding tert-OH is 3. The third kappa shape index (κ3) is 11.4. The van der Waals surface area contributed by atoms with Gasteiger partial charge in [0, 0.05) is 0 Å². The molecule has 0 aromatic rings. The lowest BCUT2D eigenvalue weighted by molar-refractivity contribution is -0.0689. The Morgan fingerprint density at radius 3 is 2.00 bits per heavy atom. The molecule has 0 aromatic heterocycles. The highest BCUT2D eigenvalue weighted by atomic mass is 16.6. The largest absolute Gasteiger partial charge is 0.493 e. The Balaban J connectivity index is 1.86. The molecular weight excluding hydrogens is 356 g/mol. The summed E-state index contributed by atoms with van der Waals surface area (Å²) in [6.45, 7) is 2.07. The first-order chi connectivity index (χ1) is 13.7. The van der Waals surface area contributed by atoms with E-state index in [0.717, 1.165) is 12.8 Å². The van der Waals surface area contributed by atoms with Crippen molar-refractivity contribution in [2.24, 2.45) is 0 Å². The van der Waals surface area contributed by atoms with Gasteiger partial charge in [0.15, 0.2) is 0 Å². The molecule has 5 heteroatoms. The predicted molar refractivity (Wildman–Crippen MR) is 113 cm³/mol. The lowest BCUT2D eigenvalue weighted by Gasteiger charge is -2.20. The monoisotopic (exact) mass is 400 g/mol. The van der Waals surface area contributed by atoms with Gasteiger partial charge < -0.3 is 24.8 Å². The van der Waals surface area contributed by atoms with Crippen molar-refractivity contribution < 1.29 is 24.8 Å². The summed E-state index contributed by atoms with van der Waals surface area (Å²) < 4.78 is 10.8. The summed E-state index contributed by atoms with van der Waals surface area (Å²) >= 11 is 0. The fourth-order valence-corrected chi connectivity index (χ4v) is 3.68. The van der Waals surface area contributed by atoms with Crippen molar-refractivity contribution in [3.8, 4) is 0 Å². The van der Waals surface area contributed by atoms with Crippen LogP contribution in [0.3, 0.4) is 0 Å². The highest BCUT2D eigenvalue weighted by Gasteiger charge is 2.40. The molecule has 166 valence electrons. The van der Waals surface area contributed by atoms with Gasteiger partial charge in [-0.05, 0) is 18.9 Å². The molecule has 0 aromatic carbocycles. The van der Waals surface area contributed by atoms with E-state index in [9.17, 15) is 10.2 Å². The molecule has 0 amide bonds. The summed E-state index contributed by atoms with van der Waals surface area (Å²) in [6.07, 6.45) is 19.0. The standard InChI is InChI=1S/C23H44O5/c1-2-3-4-5-6-7-8-9-10-11-12-13-14-15-16-17-27-21-19-28-23(22(21)26)20(25)18-24/h16-17,20-26H,2-15,18-19H2,1H3/b17-16+/t20-,21+,22+,23+/m1/s1. The van der Waals surface area contributed by atoms with Crippen LogP contribution < -0.4 is 0 Å². The molecule has 0 spiro atoms. The SMILES string of the molecule is CCCCCCCCCCCCCCC/C=C/O[C@H]1CO[C@@H]([C@H](O)CO)[C@H]1O. The Morgan fingerprint density at radius 1 is 0.929 bits per heavy atom. The van der Waals surface area contributed by atoms with E-state index in [0.29, 0.717) is 0 Å². The molecule has 1 rings (SSSR count). The molecule has 4 atom stereocenters. The minimum absolute atomic E-state index is 0.228. The van der Waals surface area contributed by atoms with Crippen molar-refractivity contribution in [1.82, 2.24) is 0 Å². The van der Waals surface area contributed by atoms with Crippen LogP contribution in [0.4, 0.5) is 0 Å². The summed E-state index contributed by atoms with van der Waals surface area (Å²) in [4.78, 5) is 0. The summed E-state index contributed by atoms with van der Waals surface area (Å²) in [5, 5.41) is 28.5. The molecule has 1 aliphatic heterocycles. The zero-order valence-corrected chi connectivity index (χ0v) is 17.9. The smallest absolute Gasteiger partial charge is 0.149 e. The molecule has 0 aliphatic carbocycles. The number of allylic oxidation sites excluding steroid dienone is 1. The first-order valence-electron chi connectivity index (χ1n) is 11.6. The van der Waals surface area contributed by atoms with Crippen molar-refractivity contribution in [3.05, 3.63) is 12.3 Å². The molecule has 0 saturated carbocycles. The van der Waals surface area contributed by atoms with Gasteiger partial charge >= 0.3 is 0 Å². The number of ether oxygens (including phenoxy) is 2. The Hall–Kier alpha value is -0.620. The fourth-order valence-electron chi connectivity index (χ4n) is 3.68. The van der Waals surface area contributed by atoms with Crippen LogP contribution in [0.5, 0.6) is 0 Å². The number of rotatable bonds is 18. The van der Waals surface area contributed by atoms with Crippen molar-refractivity contribution in [1.29, 1.82) is 0 Å². The first-order valence-corrected chi connectivity index (χ1v) is 11.6. The summed E-state index contributed by atoms with van der Waals surface area (Å²) in [5.41, 5.74) is 0. The lowest BCUT2D eigenvalue weighted by atomic mass is 10.0. The van der Waals surface area contributed by atoms with E-state index in [-0.39, 0.29) is 6.61 Å². The van der Waals surface area contributed by atoms with Crippen molar-refractivity contribution >= 4 is 0 Å². The molecule has 5 nitrogen and oxygen atoms in total. The number of hydrogen-bond donors (Lipinski definition) is 3. The number of hydrogen-bond acceptors (Lipinski definition) is 5. The zero-order chi connectivity index (χ0) is 20.5. The third-order valence-corrected chi connectivity index (χ3v) is 5.56. The predicted octanol–water partition coefficient (Wildman–Crippen LogP) is 4.48. The zero-order valence-electron chi connectivity index (χ0n) is 17.9. The molecule has 0 bridgehead atoms. The third-order valence-electron chi connectivity index (χ3n) is 5.56. The highest BCUT2D eigenvalue weighted by molar-refractivity contribution is 4.90. The average Bonchev–Trinajstić information content (AvgIpc) is 3.07. The van der Waals surface area contributed by atoms with Crippen molar-refractivity contribution in [2.45, 2.75) is 121 Å². The Bertz CT molecular complexity index is 374. The second-order valence-electron chi connectivity index (χ2n) is 8.12. The molecule has 28 heavy (non-hydrogen) atoms. The molecule has 1 aliphatic rings. The van der Waals surface area contributed by atoms with Crippen LogP contribution in [0.2, 0.25) is 0 Å². The topological polar surface area (TPSA) is 79.2 Å². The second-order valence-corrected chi connectivity index (χ2v) is 8.12. The van der Waals surface area contributed by atoms with Gasteiger partial charge in [0.1, 0.15) is 24.4 Å². The maximum Gasteiger partial charge on any atom is 0.149 e. The van der Waals surface area contributed by atoms with E-state index in [2.05, 4.69) is 6.92 Å². The maximum atomic E-state index is 10.0. The normalized spacial score (nSPS) is 23.5. The van der Waals surface area contributed by atoms with E-state index in [4.69, 9.17) is 14.6 Å². The molecule has 1 saturated heterocycles. The molecule has 0 unspecified atom stereocenters. The minimum Gasteiger partial charge on any atom is -0.493 e. The molecular formula is C23H44O5. The van der Waals surface area contributed by atoms with Gasteiger partial charge in [-0.2, -0.15) is 0 Å². The summed E-state index contributed by atoms with van der Waals surface area (Å²) in [5.74, 6) is 0. The van der Waals surface area contributed by atoms with Gasteiger partial charge in [-0.25, -0.2) is 0 Å². The first kappa shape index (κ1) is 25.4. The number of unbranched alkanes of at least 4 members (excludes halogenated alkanes) is 13. The van der Waals surface area contributed by atoms with Crippen LogP contribution in [0, 0.1) is 0 Å². The van der Waals surface area contributed by atoms with E-state index in [1.807, 2.05) is 6.08 Å². The van der Waals surface area contributed by atoms with Gasteiger partial charge in [-0.15, -0.1) is 0 Å². The maximum absolute atomic E-state index is 10.0. The van der Waals surface area contributed by atoms with E-state index >= 15 is 0 Å². The van der Waals surface area contributed by atoms with Crippen LogP contribution in [-0.2, 0) is 9.47 Å². The van der Waals surface area contributed by atoms with E-state index < -0.39 is 31.0 Å². The fraction of sp³-hybridized carbons (Fsp3) is 0.913. The van der Waals surface area contributed by atoms with Crippen LogP contribution in [-0.4, -0.2) is 52.9 Å². The summed E-state index contributed by atoms with van der Waals surface area (Å²) in [7, 11) is 0. The van der Waals surface area contributed by atoms with Crippen LogP contribution >= 0.6 is 0 Å². The Morgan fingerprint density at radius 2 is 1.46 bits per heavy atom. The quantitative estimate of drug-likeness (QED) is 0.233. The Kier molecular flexibility index (Phi) is 15.7. The van der Waals surface area contributed by atoms with Crippen LogP contribution in [0.25, 0.3) is 0 Å². The molecule has 1 heterocycles. The van der Waals surface area contributed by atoms with Crippen molar-refractivity contribution in [2.75, 3.05) is 13.2 Å². The lowest BCUT2D eigenvalue weighted by Crippen LogP contribution is -2.40. The molecule has 0 radical (unpaired) electrons. The minimum atomic E-state index is -1.07. The highest BCUT2D eigenvalue weighted by Crippen LogP contribution is 2.20. The van der Waals surface area contributed by atoms with Crippen molar-refractivity contribution in [3.63, 3.8) is 0 Å². The molecule has 1 fully saturated rings.